The van der Waals surface area contributed by atoms with Gasteiger partial charge in [0, 0.05) is 43.5 Å². The summed E-state index contributed by atoms with van der Waals surface area (Å²) in [5, 5.41) is 10.1. The summed E-state index contributed by atoms with van der Waals surface area (Å²) in [5.41, 5.74) is 4.85. The number of carbonyl (C=O) groups is 1. The summed E-state index contributed by atoms with van der Waals surface area (Å²) in [6, 6.07) is 9.63. The highest BCUT2D eigenvalue weighted by Crippen LogP contribution is 2.45. The number of benzene rings is 1. The van der Waals surface area contributed by atoms with Crippen LogP contribution in [0, 0.1) is 0 Å². The fourth-order valence-electron chi connectivity index (χ4n) is 9.08. The van der Waals surface area contributed by atoms with Crippen molar-refractivity contribution in [3.8, 4) is 6.01 Å². The third-order valence-corrected chi connectivity index (χ3v) is 17.4. The summed E-state index contributed by atoms with van der Waals surface area (Å²) >= 11 is 0. The van der Waals surface area contributed by atoms with Crippen molar-refractivity contribution in [3.05, 3.63) is 41.1 Å². The van der Waals surface area contributed by atoms with Crippen molar-refractivity contribution in [2.45, 2.75) is 134 Å². The van der Waals surface area contributed by atoms with Crippen LogP contribution in [0.25, 0.3) is 0 Å². The number of amides is 1. The summed E-state index contributed by atoms with van der Waals surface area (Å²) < 4.78 is 13.5. The maximum Gasteiger partial charge on any atom is 0.407 e. The van der Waals surface area contributed by atoms with Gasteiger partial charge in [-0.2, -0.15) is 9.97 Å². The number of para-hydroxylation sites is 1. The molecule has 0 radical (unpaired) electrons. The Balaban J connectivity index is 1.14. The van der Waals surface area contributed by atoms with E-state index < -0.39 is 14.4 Å². The third-order valence-electron chi connectivity index (χ3n) is 12.9. The lowest BCUT2D eigenvalue weighted by Crippen LogP contribution is -2.56. The van der Waals surface area contributed by atoms with Gasteiger partial charge in [-0.1, -0.05) is 52.8 Å². The van der Waals surface area contributed by atoms with Crippen LogP contribution >= 0.6 is 0 Å². The fourth-order valence-corrected chi connectivity index (χ4v) is 10.1. The van der Waals surface area contributed by atoms with Gasteiger partial charge in [0.05, 0.1) is 29.9 Å². The second-order valence-electron chi connectivity index (χ2n) is 17.2. The van der Waals surface area contributed by atoms with E-state index in [0.717, 1.165) is 69.7 Å². The predicted octanol–water partition coefficient (Wildman–Crippen LogP) is 6.89. The lowest BCUT2D eigenvalue weighted by molar-refractivity contribution is 0.0660. The minimum absolute atomic E-state index is 0.000796. The number of piperazine rings is 1. The average molecular weight is 691 g/mol. The maximum atomic E-state index is 12.1. The van der Waals surface area contributed by atoms with Crippen LogP contribution in [0.15, 0.2) is 24.3 Å². The first-order valence-electron chi connectivity index (χ1n) is 18.8. The van der Waals surface area contributed by atoms with Crippen molar-refractivity contribution < 1.29 is 19.1 Å². The number of aromatic nitrogens is 2. The van der Waals surface area contributed by atoms with Gasteiger partial charge in [-0.15, -0.1) is 0 Å². The zero-order valence-corrected chi connectivity index (χ0v) is 31.9. The number of anilines is 2. The molecule has 4 fully saturated rings. The molecule has 2 aromatic rings. The summed E-state index contributed by atoms with van der Waals surface area (Å²) in [7, 11) is -1.83. The van der Waals surface area contributed by atoms with Crippen molar-refractivity contribution in [2.24, 2.45) is 0 Å². The Kier molecular flexibility index (Phi) is 9.18. The second-order valence-corrected chi connectivity index (χ2v) is 22.0. The molecular formula is C38H58N6O4Si. The smallest absolute Gasteiger partial charge is 0.407 e. The van der Waals surface area contributed by atoms with Gasteiger partial charge in [0.2, 0.25) is 0 Å². The Morgan fingerprint density at radius 3 is 2.47 bits per heavy atom. The number of hydrogen-bond acceptors (Lipinski definition) is 8. The highest BCUT2D eigenvalue weighted by Gasteiger charge is 2.51. The first-order valence-corrected chi connectivity index (χ1v) is 21.7. The lowest BCUT2D eigenvalue weighted by atomic mass is 9.95. The topological polar surface area (TPSA) is 94.5 Å². The molecule has 1 N–H and O–H groups in total. The second kappa shape index (κ2) is 13.0. The first kappa shape index (κ1) is 34.6. The van der Waals surface area contributed by atoms with Gasteiger partial charge in [0.1, 0.15) is 12.4 Å². The average Bonchev–Trinajstić information content (AvgIpc) is 3.71. The Morgan fingerprint density at radius 2 is 1.78 bits per heavy atom. The minimum Gasteiger partial charge on any atom is -0.465 e. The molecule has 49 heavy (non-hydrogen) atoms. The monoisotopic (exact) mass is 690 g/mol. The molecular weight excluding hydrogens is 633 g/mol. The normalized spacial score (nSPS) is 27.2. The Morgan fingerprint density at radius 1 is 1.04 bits per heavy atom. The zero-order valence-electron chi connectivity index (χ0n) is 30.9. The summed E-state index contributed by atoms with van der Waals surface area (Å²) in [4.78, 5) is 31.6. The molecule has 2 bridgehead atoms. The molecule has 268 valence electrons. The van der Waals surface area contributed by atoms with Gasteiger partial charge in [-0.05, 0) is 87.2 Å². The van der Waals surface area contributed by atoms with E-state index >= 15 is 0 Å². The lowest BCUT2D eigenvalue weighted by Gasteiger charge is -2.42. The van der Waals surface area contributed by atoms with E-state index in [-0.39, 0.29) is 22.7 Å². The van der Waals surface area contributed by atoms with Gasteiger partial charge < -0.3 is 24.1 Å². The van der Waals surface area contributed by atoms with Crippen LogP contribution in [-0.4, -0.2) is 102 Å². The summed E-state index contributed by atoms with van der Waals surface area (Å²) in [6.45, 7) is 21.6. The highest BCUT2D eigenvalue weighted by atomic mass is 28.4. The van der Waals surface area contributed by atoms with E-state index in [1.54, 1.807) is 4.90 Å². The largest absolute Gasteiger partial charge is 0.465 e. The van der Waals surface area contributed by atoms with E-state index in [0.29, 0.717) is 44.2 Å². The zero-order chi connectivity index (χ0) is 34.7. The molecule has 0 saturated carbocycles. The van der Waals surface area contributed by atoms with Crippen molar-refractivity contribution in [2.75, 3.05) is 49.2 Å². The van der Waals surface area contributed by atoms with Gasteiger partial charge in [-0.3, -0.25) is 9.80 Å². The van der Waals surface area contributed by atoms with E-state index in [1.165, 1.54) is 23.2 Å². The molecule has 1 aromatic heterocycles. The standard InChI is InChI=1S/C38H58N6O4Si/c1-26(2)30-11-8-9-12-33(30)41-20-16-31-32(23-41)39-35(40-34(31)42-21-27-13-14-28(22-42)44(27)36(45)46)47-25-38-17-10-19-43(38)29(15-18-38)24-48-49(6,7)37(3,4)5/h8-9,11-12,26-29H,10,13-25H2,1-7H3,(H,45,46)/t27-,28+,29?,38?. The van der Waals surface area contributed by atoms with E-state index in [1.807, 2.05) is 0 Å². The molecule has 10 nitrogen and oxygen atoms in total. The molecule has 11 heteroatoms. The van der Waals surface area contributed by atoms with Crippen LogP contribution in [0.2, 0.25) is 18.1 Å². The van der Waals surface area contributed by atoms with Crippen LogP contribution in [0.1, 0.15) is 95.9 Å². The molecule has 0 spiro atoms. The van der Waals surface area contributed by atoms with Gasteiger partial charge in [-0.25, -0.2) is 4.79 Å². The molecule has 6 heterocycles. The third kappa shape index (κ3) is 6.44. The van der Waals surface area contributed by atoms with Crippen LogP contribution in [0.3, 0.4) is 0 Å². The molecule has 4 atom stereocenters. The first-order chi connectivity index (χ1) is 23.3. The van der Waals surface area contributed by atoms with Crippen LogP contribution in [0.5, 0.6) is 6.01 Å². The quantitative estimate of drug-likeness (QED) is 0.282. The van der Waals surface area contributed by atoms with Gasteiger partial charge >= 0.3 is 12.1 Å². The van der Waals surface area contributed by atoms with Crippen molar-refractivity contribution in [3.63, 3.8) is 0 Å². The predicted molar refractivity (Wildman–Crippen MR) is 197 cm³/mol. The maximum absolute atomic E-state index is 12.1. The minimum atomic E-state index is -1.83. The van der Waals surface area contributed by atoms with Crippen LogP contribution in [0.4, 0.5) is 16.3 Å². The number of hydrogen-bond donors (Lipinski definition) is 1. The number of nitrogens with zero attached hydrogens (tertiary/aromatic N) is 6. The molecule has 1 amide bonds. The van der Waals surface area contributed by atoms with Crippen molar-refractivity contribution in [1.29, 1.82) is 0 Å². The van der Waals surface area contributed by atoms with E-state index in [2.05, 4.69) is 86.7 Å². The summed E-state index contributed by atoms with van der Waals surface area (Å²) in [6.07, 6.45) is 6.40. The number of rotatable bonds is 9. The molecule has 5 aliphatic rings. The Hall–Kier alpha value is -2.89. The molecule has 0 aliphatic carbocycles. The van der Waals surface area contributed by atoms with Crippen molar-refractivity contribution in [1.82, 2.24) is 19.8 Å². The number of ether oxygens (including phenoxy) is 1. The molecule has 1 aromatic carbocycles. The fraction of sp³-hybridized carbons (Fsp3) is 0.711. The molecule has 4 saturated heterocycles. The van der Waals surface area contributed by atoms with E-state index in [4.69, 9.17) is 19.1 Å². The van der Waals surface area contributed by atoms with Gasteiger partial charge in [0.15, 0.2) is 8.32 Å². The van der Waals surface area contributed by atoms with Crippen LogP contribution in [-0.2, 0) is 17.4 Å². The molecule has 5 aliphatic heterocycles. The molecule has 2 unspecified atom stereocenters. The van der Waals surface area contributed by atoms with Crippen molar-refractivity contribution >= 4 is 25.9 Å². The van der Waals surface area contributed by atoms with Gasteiger partial charge in [0.25, 0.3) is 0 Å². The van der Waals surface area contributed by atoms with Crippen LogP contribution < -0.4 is 14.5 Å². The van der Waals surface area contributed by atoms with E-state index in [9.17, 15) is 9.90 Å². The number of fused-ring (bicyclic) bond motifs is 4. The molecule has 7 rings (SSSR count). The Labute approximate surface area is 294 Å². The Bertz CT molecular complexity index is 1530. The number of carboxylic acid groups (broad SMARTS) is 1. The highest BCUT2D eigenvalue weighted by molar-refractivity contribution is 6.74. The SMILES string of the molecule is CC(C)c1ccccc1N1CCc2c(nc(OCC34CCCN3C(CO[Si](C)(C)C(C)(C)C)CC4)nc2N2C[C@H]3CC[C@@H](C2)N3C(=O)O)C1. The summed E-state index contributed by atoms with van der Waals surface area (Å²) in [5.74, 6) is 1.38.